The first-order chi connectivity index (χ1) is 9.09. The zero-order chi connectivity index (χ0) is 13.8. The van der Waals surface area contributed by atoms with Crippen molar-refractivity contribution < 1.29 is 9.18 Å². The lowest BCUT2D eigenvalue weighted by Crippen LogP contribution is -2.38. The lowest BCUT2D eigenvalue weighted by Gasteiger charge is -2.27. The topological polar surface area (TPSA) is 32.3 Å². The van der Waals surface area contributed by atoms with Crippen LogP contribution in [0.2, 0.25) is 0 Å². The molecule has 1 unspecified atom stereocenters. The van der Waals surface area contributed by atoms with E-state index in [9.17, 15) is 9.18 Å². The first kappa shape index (κ1) is 14.0. The van der Waals surface area contributed by atoms with E-state index in [-0.39, 0.29) is 17.5 Å². The molecule has 0 aromatic heterocycles. The molecule has 0 radical (unpaired) electrons. The number of aryl methyl sites for hydroxylation is 1. The van der Waals surface area contributed by atoms with E-state index in [2.05, 4.69) is 5.32 Å². The quantitative estimate of drug-likeness (QED) is 0.889. The molecule has 3 nitrogen and oxygen atoms in total. The summed E-state index contributed by atoms with van der Waals surface area (Å²) in [6.07, 6.45) is 2.96. The van der Waals surface area contributed by atoms with E-state index < -0.39 is 5.82 Å². The van der Waals surface area contributed by atoms with Crippen molar-refractivity contribution in [1.82, 2.24) is 10.2 Å². The number of hydrogen-bond acceptors (Lipinski definition) is 2. The summed E-state index contributed by atoms with van der Waals surface area (Å²) in [5.41, 5.74) is 1.08. The van der Waals surface area contributed by atoms with Crippen LogP contribution >= 0.6 is 0 Å². The fraction of sp³-hybridized carbons (Fsp3) is 0.533. The molecule has 1 saturated heterocycles. The van der Waals surface area contributed by atoms with E-state index in [0.29, 0.717) is 0 Å². The summed E-state index contributed by atoms with van der Waals surface area (Å²) in [7, 11) is 1.78. The Morgan fingerprint density at radius 3 is 2.95 bits per heavy atom. The molecule has 1 aromatic carbocycles. The van der Waals surface area contributed by atoms with Crippen LogP contribution in [0.3, 0.4) is 0 Å². The second-order valence-electron chi connectivity index (χ2n) is 5.23. The Kier molecular flexibility index (Phi) is 4.53. The van der Waals surface area contributed by atoms with Crippen molar-refractivity contribution >= 4 is 5.91 Å². The van der Waals surface area contributed by atoms with E-state index in [0.717, 1.165) is 37.9 Å². The number of amides is 1. The molecule has 1 fully saturated rings. The Hall–Kier alpha value is -1.42. The van der Waals surface area contributed by atoms with Gasteiger partial charge >= 0.3 is 0 Å². The summed E-state index contributed by atoms with van der Waals surface area (Å²) in [5, 5.41) is 3.32. The van der Waals surface area contributed by atoms with Crippen molar-refractivity contribution in [2.75, 3.05) is 20.1 Å². The summed E-state index contributed by atoms with van der Waals surface area (Å²) < 4.78 is 13.8. The van der Waals surface area contributed by atoms with E-state index in [1.54, 1.807) is 24.1 Å². The molecule has 1 amide bonds. The first-order valence-corrected chi connectivity index (χ1v) is 6.83. The second kappa shape index (κ2) is 6.15. The molecular weight excluding hydrogens is 243 g/mol. The molecule has 2 rings (SSSR count). The number of hydrogen-bond donors (Lipinski definition) is 1. The van der Waals surface area contributed by atoms with Crippen molar-refractivity contribution in [2.45, 2.75) is 32.2 Å². The van der Waals surface area contributed by atoms with Crippen LogP contribution in [0.4, 0.5) is 4.39 Å². The van der Waals surface area contributed by atoms with Crippen molar-refractivity contribution in [3.05, 3.63) is 35.1 Å². The van der Waals surface area contributed by atoms with Gasteiger partial charge in [0.15, 0.2) is 0 Å². The number of nitrogens with one attached hydrogen (secondary N) is 1. The van der Waals surface area contributed by atoms with Crippen molar-refractivity contribution in [3.63, 3.8) is 0 Å². The van der Waals surface area contributed by atoms with Gasteiger partial charge < -0.3 is 10.2 Å². The second-order valence-corrected chi connectivity index (χ2v) is 5.23. The largest absolute Gasteiger partial charge is 0.339 e. The fourth-order valence-corrected chi connectivity index (χ4v) is 2.55. The van der Waals surface area contributed by atoms with Crippen LogP contribution in [-0.2, 0) is 0 Å². The van der Waals surface area contributed by atoms with Crippen LogP contribution < -0.4 is 5.32 Å². The number of carbonyl (C=O) groups excluding carboxylic acids is 1. The molecule has 0 bridgehead atoms. The van der Waals surface area contributed by atoms with Gasteiger partial charge in [-0.2, -0.15) is 0 Å². The minimum Gasteiger partial charge on any atom is -0.339 e. The standard InChI is InChI=1S/C15H21FN2O/c1-11-5-6-14(16)13(10-11)15(19)18(2)12-4-3-8-17-9-7-12/h5-6,10,12,17H,3-4,7-9H2,1-2H3. The Labute approximate surface area is 113 Å². The lowest BCUT2D eigenvalue weighted by molar-refractivity contribution is 0.0715. The van der Waals surface area contributed by atoms with Crippen LogP contribution in [0, 0.1) is 12.7 Å². The Bertz CT molecular complexity index is 453. The van der Waals surface area contributed by atoms with Gasteiger partial charge in [0.25, 0.3) is 5.91 Å². The average Bonchev–Trinajstić information content (AvgIpc) is 2.69. The highest BCUT2D eigenvalue weighted by atomic mass is 19.1. The minimum atomic E-state index is -0.436. The highest BCUT2D eigenvalue weighted by Gasteiger charge is 2.23. The molecule has 0 spiro atoms. The summed E-state index contributed by atoms with van der Waals surface area (Å²) in [5.74, 6) is -0.651. The summed E-state index contributed by atoms with van der Waals surface area (Å²) in [4.78, 5) is 14.1. The minimum absolute atomic E-state index is 0.180. The maximum Gasteiger partial charge on any atom is 0.256 e. The Morgan fingerprint density at radius 2 is 2.16 bits per heavy atom. The lowest BCUT2D eigenvalue weighted by atomic mass is 10.1. The third-order valence-electron chi connectivity index (χ3n) is 3.77. The molecule has 104 valence electrons. The molecule has 1 heterocycles. The molecule has 0 aliphatic carbocycles. The zero-order valence-corrected chi connectivity index (χ0v) is 11.6. The van der Waals surface area contributed by atoms with Crippen molar-refractivity contribution in [3.8, 4) is 0 Å². The van der Waals surface area contributed by atoms with E-state index in [1.165, 1.54) is 6.07 Å². The number of halogens is 1. The smallest absolute Gasteiger partial charge is 0.256 e. The molecule has 1 atom stereocenters. The summed E-state index contributed by atoms with van der Waals surface area (Å²) >= 11 is 0. The third kappa shape index (κ3) is 3.32. The van der Waals surface area contributed by atoms with Gasteiger partial charge in [-0.25, -0.2) is 4.39 Å². The predicted octanol–water partition coefficient (Wildman–Crippen LogP) is 2.35. The number of benzene rings is 1. The molecule has 19 heavy (non-hydrogen) atoms. The van der Waals surface area contributed by atoms with Crippen molar-refractivity contribution in [1.29, 1.82) is 0 Å². The molecule has 1 aliphatic heterocycles. The SMILES string of the molecule is Cc1ccc(F)c(C(=O)N(C)C2CCCNCC2)c1. The molecule has 4 heteroatoms. The third-order valence-corrected chi connectivity index (χ3v) is 3.77. The van der Waals surface area contributed by atoms with Crippen LogP contribution in [0.15, 0.2) is 18.2 Å². The van der Waals surface area contributed by atoms with Gasteiger partial charge in [-0.15, -0.1) is 0 Å². The number of nitrogens with zero attached hydrogens (tertiary/aromatic N) is 1. The first-order valence-electron chi connectivity index (χ1n) is 6.83. The molecular formula is C15H21FN2O. The van der Waals surface area contributed by atoms with Crippen LogP contribution in [-0.4, -0.2) is 37.0 Å². The van der Waals surface area contributed by atoms with Gasteiger partial charge in [0.1, 0.15) is 5.82 Å². The fourth-order valence-electron chi connectivity index (χ4n) is 2.55. The highest BCUT2D eigenvalue weighted by molar-refractivity contribution is 5.94. The van der Waals surface area contributed by atoms with Gasteiger partial charge in [0.2, 0.25) is 0 Å². The van der Waals surface area contributed by atoms with Gasteiger partial charge in [0, 0.05) is 13.1 Å². The van der Waals surface area contributed by atoms with Gasteiger partial charge in [0.05, 0.1) is 5.56 Å². The van der Waals surface area contributed by atoms with E-state index in [4.69, 9.17) is 0 Å². The average molecular weight is 264 g/mol. The Morgan fingerprint density at radius 1 is 1.37 bits per heavy atom. The predicted molar refractivity (Wildman–Crippen MR) is 73.7 cm³/mol. The summed E-state index contributed by atoms with van der Waals surface area (Å²) in [6, 6.07) is 4.87. The highest BCUT2D eigenvalue weighted by Crippen LogP contribution is 2.17. The van der Waals surface area contributed by atoms with Gasteiger partial charge in [-0.3, -0.25) is 4.79 Å². The van der Waals surface area contributed by atoms with E-state index >= 15 is 0 Å². The maximum absolute atomic E-state index is 13.8. The van der Waals surface area contributed by atoms with Gasteiger partial charge in [-0.1, -0.05) is 11.6 Å². The zero-order valence-electron chi connectivity index (χ0n) is 11.6. The Balaban J connectivity index is 2.15. The van der Waals surface area contributed by atoms with Gasteiger partial charge in [-0.05, 0) is 51.4 Å². The van der Waals surface area contributed by atoms with Crippen molar-refractivity contribution in [2.24, 2.45) is 0 Å². The number of carbonyl (C=O) groups is 1. The van der Waals surface area contributed by atoms with Crippen LogP contribution in [0.1, 0.15) is 35.2 Å². The molecule has 1 aliphatic rings. The van der Waals surface area contributed by atoms with Crippen LogP contribution in [0.5, 0.6) is 0 Å². The van der Waals surface area contributed by atoms with E-state index in [1.807, 2.05) is 6.92 Å². The maximum atomic E-state index is 13.8. The molecule has 1 N–H and O–H groups in total. The monoisotopic (exact) mass is 264 g/mol. The summed E-state index contributed by atoms with van der Waals surface area (Å²) in [6.45, 7) is 3.78. The molecule has 0 saturated carbocycles. The number of rotatable bonds is 2. The van der Waals surface area contributed by atoms with Crippen LogP contribution in [0.25, 0.3) is 0 Å². The normalized spacial score (nSPS) is 19.8. The molecule has 1 aromatic rings.